The van der Waals surface area contributed by atoms with E-state index in [1.54, 1.807) is 0 Å². The fourth-order valence-corrected chi connectivity index (χ4v) is 10.7. The third kappa shape index (κ3) is 67.8. The number of allylic oxidation sites excluding steroid dienone is 10. The fraction of sp³-hybridized carbons (Fsp3) is 0.827. The number of hydrogen-bond acceptors (Lipinski definition) is 6. The summed E-state index contributed by atoms with van der Waals surface area (Å²) >= 11 is 0. The van der Waals surface area contributed by atoms with Crippen LogP contribution in [0.2, 0.25) is 0 Å². The molecule has 0 aliphatic rings. The van der Waals surface area contributed by atoms with Crippen molar-refractivity contribution in [1.29, 1.82) is 0 Å². The predicted molar refractivity (Wildman–Crippen MR) is 353 cm³/mol. The molecule has 6 heteroatoms. The van der Waals surface area contributed by atoms with Crippen molar-refractivity contribution in [3.63, 3.8) is 0 Å². The molecule has 0 aromatic rings. The van der Waals surface area contributed by atoms with Crippen molar-refractivity contribution in [2.75, 3.05) is 13.2 Å². The predicted octanol–water partition coefficient (Wildman–Crippen LogP) is 24.7. The average molecular weight is 1130 g/mol. The number of hydrogen-bond donors (Lipinski definition) is 0. The van der Waals surface area contributed by atoms with Crippen LogP contribution in [0.4, 0.5) is 0 Å². The standard InChI is InChI=1S/C75H136O6/c1-4-7-10-13-16-19-22-25-28-30-32-33-34-35-36-37-38-39-40-41-43-44-47-50-53-56-59-62-65-68-74(77)80-71-72(70-79-73(76)67-64-61-58-55-52-49-46-27-24-21-18-15-12-9-6-3)81-75(78)69-66-63-60-57-54-51-48-45-42-31-29-26-23-20-17-14-11-8-5-2/h7,10,16,19,25-26,28-29,32-33,72H,4-6,8-9,11-15,17-18,20-24,27,30-31,34-71H2,1-3H3/b10-7-,19-16-,28-25-,29-26-,33-32-. The Kier molecular flexibility index (Phi) is 67.1. The highest BCUT2D eigenvalue weighted by atomic mass is 16.6. The van der Waals surface area contributed by atoms with Crippen molar-refractivity contribution in [3.8, 4) is 0 Å². The zero-order valence-corrected chi connectivity index (χ0v) is 54.3. The van der Waals surface area contributed by atoms with E-state index in [9.17, 15) is 14.4 Å². The van der Waals surface area contributed by atoms with Gasteiger partial charge in [0.2, 0.25) is 0 Å². The van der Waals surface area contributed by atoms with Crippen LogP contribution in [0.15, 0.2) is 60.8 Å². The quantitative estimate of drug-likeness (QED) is 0.0261. The lowest BCUT2D eigenvalue weighted by molar-refractivity contribution is -0.167. The summed E-state index contributed by atoms with van der Waals surface area (Å²) in [5, 5.41) is 0. The summed E-state index contributed by atoms with van der Waals surface area (Å²) in [4.78, 5) is 38.5. The van der Waals surface area contributed by atoms with E-state index in [2.05, 4.69) is 81.5 Å². The third-order valence-corrected chi connectivity index (χ3v) is 16.0. The smallest absolute Gasteiger partial charge is 0.306 e. The molecule has 0 radical (unpaired) electrons. The van der Waals surface area contributed by atoms with Crippen molar-refractivity contribution in [1.82, 2.24) is 0 Å². The van der Waals surface area contributed by atoms with Crippen LogP contribution in [-0.4, -0.2) is 37.2 Å². The summed E-state index contributed by atoms with van der Waals surface area (Å²) in [5.74, 6) is -0.843. The maximum Gasteiger partial charge on any atom is 0.306 e. The van der Waals surface area contributed by atoms with Crippen molar-refractivity contribution in [3.05, 3.63) is 60.8 Å². The maximum atomic E-state index is 13.0. The molecule has 0 aliphatic carbocycles. The van der Waals surface area contributed by atoms with Crippen molar-refractivity contribution in [2.24, 2.45) is 0 Å². The van der Waals surface area contributed by atoms with Gasteiger partial charge in [-0.1, -0.05) is 338 Å². The molecule has 0 fully saturated rings. The summed E-state index contributed by atoms with van der Waals surface area (Å²) in [5.41, 5.74) is 0. The van der Waals surface area contributed by atoms with Gasteiger partial charge in [-0.2, -0.15) is 0 Å². The van der Waals surface area contributed by atoms with E-state index in [1.165, 1.54) is 257 Å². The van der Waals surface area contributed by atoms with Gasteiger partial charge >= 0.3 is 17.9 Å². The molecule has 0 N–H and O–H groups in total. The number of carbonyl (C=O) groups is 3. The Hall–Kier alpha value is -2.89. The number of esters is 3. The van der Waals surface area contributed by atoms with Gasteiger partial charge in [0.1, 0.15) is 13.2 Å². The van der Waals surface area contributed by atoms with Crippen LogP contribution in [0.25, 0.3) is 0 Å². The first kappa shape index (κ1) is 78.1. The van der Waals surface area contributed by atoms with Gasteiger partial charge in [-0.15, -0.1) is 0 Å². The Balaban J connectivity index is 4.23. The molecule has 0 spiro atoms. The normalized spacial score (nSPS) is 12.4. The second-order valence-electron chi connectivity index (χ2n) is 24.1. The van der Waals surface area contributed by atoms with Gasteiger partial charge in [0.05, 0.1) is 0 Å². The van der Waals surface area contributed by atoms with Gasteiger partial charge in [-0.3, -0.25) is 14.4 Å². The number of ether oxygens (including phenoxy) is 3. The van der Waals surface area contributed by atoms with Gasteiger partial charge in [0, 0.05) is 19.3 Å². The molecule has 81 heavy (non-hydrogen) atoms. The molecule has 1 unspecified atom stereocenters. The molecular weight excluding hydrogens is 997 g/mol. The van der Waals surface area contributed by atoms with Crippen LogP contribution in [-0.2, 0) is 28.6 Å². The van der Waals surface area contributed by atoms with E-state index in [1.807, 2.05) is 0 Å². The largest absolute Gasteiger partial charge is 0.462 e. The molecule has 0 heterocycles. The highest BCUT2D eigenvalue weighted by Gasteiger charge is 2.19. The summed E-state index contributed by atoms with van der Waals surface area (Å²) in [6, 6.07) is 0. The molecule has 0 aromatic carbocycles. The minimum Gasteiger partial charge on any atom is -0.462 e. The SMILES string of the molecule is CC/C=C\C/C=C\C/C=C\C/C=C\CCCCCCCCCCCCCCCCCCC(=O)OCC(COC(=O)CCCCCCCCCCCCCCCCC)OC(=O)CCCCCCCCCCC/C=C\CCCCCCCC. The van der Waals surface area contributed by atoms with E-state index >= 15 is 0 Å². The Morgan fingerprint density at radius 3 is 0.765 bits per heavy atom. The Morgan fingerprint density at radius 2 is 0.481 bits per heavy atom. The molecule has 0 aromatic heterocycles. The first-order valence-corrected chi connectivity index (χ1v) is 35.8. The number of unbranched alkanes of at least 4 members (excludes halogenated alkanes) is 45. The zero-order valence-electron chi connectivity index (χ0n) is 54.3. The Morgan fingerprint density at radius 1 is 0.259 bits per heavy atom. The third-order valence-electron chi connectivity index (χ3n) is 16.0. The lowest BCUT2D eigenvalue weighted by Crippen LogP contribution is -2.30. The van der Waals surface area contributed by atoms with Crippen LogP contribution in [0.5, 0.6) is 0 Å². The van der Waals surface area contributed by atoms with Crippen LogP contribution < -0.4 is 0 Å². The molecule has 0 aliphatic heterocycles. The number of rotatable bonds is 66. The van der Waals surface area contributed by atoms with Gasteiger partial charge in [-0.05, 0) is 83.5 Å². The van der Waals surface area contributed by atoms with Crippen molar-refractivity contribution in [2.45, 2.75) is 386 Å². The van der Waals surface area contributed by atoms with Gasteiger partial charge in [0.15, 0.2) is 6.10 Å². The van der Waals surface area contributed by atoms with Crippen molar-refractivity contribution >= 4 is 17.9 Å². The van der Waals surface area contributed by atoms with E-state index in [4.69, 9.17) is 14.2 Å². The van der Waals surface area contributed by atoms with Crippen LogP contribution in [0, 0.1) is 0 Å². The topological polar surface area (TPSA) is 78.9 Å². The first-order chi connectivity index (χ1) is 40.0. The fourth-order valence-electron chi connectivity index (χ4n) is 10.7. The van der Waals surface area contributed by atoms with E-state index in [0.717, 1.165) is 83.5 Å². The Labute approximate surface area is 504 Å². The summed E-state index contributed by atoms with van der Waals surface area (Å²) in [6.07, 6.45) is 89.6. The molecule has 6 nitrogen and oxygen atoms in total. The summed E-state index contributed by atoms with van der Waals surface area (Å²) < 4.78 is 17.0. The van der Waals surface area contributed by atoms with Crippen LogP contribution in [0.1, 0.15) is 380 Å². The minimum atomic E-state index is -0.773. The average Bonchev–Trinajstić information content (AvgIpc) is 3.47. The minimum absolute atomic E-state index is 0.0688. The summed E-state index contributed by atoms with van der Waals surface area (Å²) in [6.45, 7) is 6.59. The molecule has 0 amide bonds. The van der Waals surface area contributed by atoms with E-state index in [-0.39, 0.29) is 31.1 Å². The molecule has 0 saturated carbocycles. The molecule has 0 saturated heterocycles. The van der Waals surface area contributed by atoms with Gasteiger partial charge in [0.25, 0.3) is 0 Å². The second kappa shape index (κ2) is 69.6. The number of carbonyl (C=O) groups excluding carboxylic acids is 3. The van der Waals surface area contributed by atoms with E-state index in [0.29, 0.717) is 19.3 Å². The van der Waals surface area contributed by atoms with Crippen LogP contribution >= 0.6 is 0 Å². The maximum absolute atomic E-state index is 13.0. The highest BCUT2D eigenvalue weighted by molar-refractivity contribution is 5.71. The first-order valence-electron chi connectivity index (χ1n) is 35.8. The van der Waals surface area contributed by atoms with Gasteiger partial charge in [-0.25, -0.2) is 0 Å². The molecule has 1 atom stereocenters. The molecule has 0 rings (SSSR count). The molecular formula is C75H136O6. The second-order valence-corrected chi connectivity index (χ2v) is 24.1. The summed E-state index contributed by atoms with van der Waals surface area (Å²) in [7, 11) is 0. The van der Waals surface area contributed by atoms with Crippen molar-refractivity contribution < 1.29 is 28.6 Å². The highest BCUT2D eigenvalue weighted by Crippen LogP contribution is 2.18. The Bertz CT molecular complexity index is 1440. The monoisotopic (exact) mass is 1130 g/mol. The van der Waals surface area contributed by atoms with E-state index < -0.39 is 6.10 Å². The van der Waals surface area contributed by atoms with Gasteiger partial charge < -0.3 is 14.2 Å². The lowest BCUT2D eigenvalue weighted by Gasteiger charge is -2.18. The lowest BCUT2D eigenvalue weighted by atomic mass is 10.0. The van der Waals surface area contributed by atoms with Crippen LogP contribution in [0.3, 0.4) is 0 Å². The zero-order chi connectivity index (χ0) is 58.5. The molecule has 0 bridgehead atoms. The molecule has 472 valence electrons.